The third-order valence-corrected chi connectivity index (χ3v) is 1.93. The first-order valence-electron chi connectivity index (χ1n) is 5.86. The molecule has 0 bridgehead atoms. The maximum absolute atomic E-state index is 10.4. The van der Waals surface area contributed by atoms with Crippen LogP contribution < -0.4 is 0 Å². The molecule has 0 unspecified atom stereocenters. The van der Waals surface area contributed by atoms with Gasteiger partial charge in [-0.15, -0.1) is 0 Å². The first kappa shape index (κ1) is 20.0. The summed E-state index contributed by atoms with van der Waals surface area (Å²) in [7, 11) is 0. The normalized spacial score (nSPS) is 9.78. The van der Waals surface area contributed by atoms with E-state index in [0.29, 0.717) is 25.0 Å². The van der Waals surface area contributed by atoms with E-state index in [4.69, 9.17) is 9.47 Å². The van der Waals surface area contributed by atoms with E-state index in [-0.39, 0.29) is 23.4 Å². The second-order valence-corrected chi connectivity index (χ2v) is 5.10. The van der Waals surface area contributed by atoms with Gasteiger partial charge in [-0.25, -0.2) is 0 Å². The highest BCUT2D eigenvalue weighted by Gasteiger charge is 2.00. The minimum absolute atomic E-state index is 0.173. The van der Waals surface area contributed by atoms with Crippen LogP contribution >= 0.6 is 25.3 Å². The number of carbonyl (C=O) groups is 2. The summed E-state index contributed by atoms with van der Waals surface area (Å²) >= 11 is 7.49. The summed E-state index contributed by atoms with van der Waals surface area (Å²) in [6, 6.07) is 0. The lowest BCUT2D eigenvalue weighted by Crippen LogP contribution is -2.10. The molecule has 0 aromatic heterocycles. The molecule has 108 valence electrons. The minimum atomic E-state index is -0.243. The SMILES string of the molecule is CC(C)COC(=O)CS.CC(C)COC(=O)CS. The van der Waals surface area contributed by atoms with Crippen LogP contribution in [0.15, 0.2) is 0 Å². The Labute approximate surface area is 121 Å². The molecule has 0 atom stereocenters. The summed E-state index contributed by atoms with van der Waals surface area (Å²) < 4.78 is 9.47. The molecule has 0 aliphatic heterocycles. The van der Waals surface area contributed by atoms with Crippen LogP contribution in [0.25, 0.3) is 0 Å². The molecule has 0 aliphatic rings. The van der Waals surface area contributed by atoms with E-state index in [0.717, 1.165) is 0 Å². The molecular formula is C12H24O4S2. The fourth-order valence-electron chi connectivity index (χ4n) is 0.611. The zero-order valence-corrected chi connectivity index (χ0v) is 13.3. The quantitative estimate of drug-likeness (QED) is 0.583. The molecule has 6 heteroatoms. The van der Waals surface area contributed by atoms with Gasteiger partial charge in [0.1, 0.15) is 0 Å². The number of esters is 2. The van der Waals surface area contributed by atoms with Gasteiger partial charge >= 0.3 is 11.9 Å². The van der Waals surface area contributed by atoms with Crippen LogP contribution in [0.5, 0.6) is 0 Å². The lowest BCUT2D eigenvalue weighted by Gasteiger charge is -2.03. The Bertz CT molecular complexity index is 206. The van der Waals surface area contributed by atoms with Crippen LogP contribution in [0.3, 0.4) is 0 Å². The van der Waals surface area contributed by atoms with Gasteiger partial charge in [-0.1, -0.05) is 27.7 Å². The molecule has 0 radical (unpaired) electrons. The van der Waals surface area contributed by atoms with Gasteiger partial charge in [0.25, 0.3) is 0 Å². The van der Waals surface area contributed by atoms with Crippen molar-refractivity contribution in [1.82, 2.24) is 0 Å². The number of hydrogen-bond acceptors (Lipinski definition) is 6. The van der Waals surface area contributed by atoms with Crippen molar-refractivity contribution < 1.29 is 19.1 Å². The summed E-state index contributed by atoms with van der Waals surface area (Å²) in [5.74, 6) is 0.682. The van der Waals surface area contributed by atoms with Crippen molar-refractivity contribution in [3.63, 3.8) is 0 Å². The lowest BCUT2D eigenvalue weighted by atomic mass is 10.2. The minimum Gasteiger partial charge on any atom is -0.465 e. The van der Waals surface area contributed by atoms with Crippen LogP contribution in [-0.4, -0.2) is 36.7 Å². The summed E-state index contributed by atoms with van der Waals surface area (Å²) in [4.78, 5) is 20.8. The van der Waals surface area contributed by atoms with Crippen molar-refractivity contribution in [1.29, 1.82) is 0 Å². The second kappa shape index (κ2) is 13.1. The molecule has 0 aliphatic carbocycles. The van der Waals surface area contributed by atoms with Crippen molar-refractivity contribution in [2.24, 2.45) is 11.8 Å². The Morgan fingerprint density at radius 2 is 1.11 bits per heavy atom. The van der Waals surface area contributed by atoms with E-state index in [1.807, 2.05) is 27.7 Å². The molecule has 0 saturated heterocycles. The first-order valence-corrected chi connectivity index (χ1v) is 7.12. The number of rotatable bonds is 6. The summed E-state index contributed by atoms with van der Waals surface area (Å²) in [5, 5.41) is 0. The van der Waals surface area contributed by atoms with E-state index < -0.39 is 0 Å². The van der Waals surface area contributed by atoms with Crippen LogP contribution in [-0.2, 0) is 19.1 Å². The molecule has 0 aromatic rings. The maximum atomic E-state index is 10.4. The standard InChI is InChI=1S/2C6H12O2S/c2*1-5(2)3-8-6(7)4-9/h2*5,9H,3-4H2,1-2H3. The summed E-state index contributed by atoms with van der Waals surface area (Å²) in [6.07, 6.45) is 0. The van der Waals surface area contributed by atoms with Crippen LogP contribution in [0.4, 0.5) is 0 Å². The topological polar surface area (TPSA) is 52.6 Å². The smallest absolute Gasteiger partial charge is 0.315 e. The average Bonchev–Trinajstić information content (AvgIpc) is 2.33. The maximum Gasteiger partial charge on any atom is 0.315 e. The van der Waals surface area contributed by atoms with Crippen molar-refractivity contribution in [2.45, 2.75) is 27.7 Å². The van der Waals surface area contributed by atoms with E-state index in [2.05, 4.69) is 25.3 Å². The van der Waals surface area contributed by atoms with Crippen LogP contribution in [0.1, 0.15) is 27.7 Å². The van der Waals surface area contributed by atoms with Gasteiger partial charge in [-0.2, -0.15) is 25.3 Å². The number of carbonyl (C=O) groups excluding carboxylic acids is 2. The Kier molecular flexibility index (Phi) is 14.5. The Morgan fingerprint density at radius 1 is 0.833 bits per heavy atom. The predicted molar refractivity (Wildman–Crippen MR) is 79.3 cm³/mol. The van der Waals surface area contributed by atoms with Gasteiger partial charge in [0, 0.05) is 0 Å². The highest BCUT2D eigenvalue weighted by molar-refractivity contribution is 7.81. The highest BCUT2D eigenvalue weighted by atomic mass is 32.1. The van der Waals surface area contributed by atoms with Gasteiger partial charge in [0.15, 0.2) is 0 Å². The van der Waals surface area contributed by atoms with Crippen molar-refractivity contribution >= 4 is 37.2 Å². The molecule has 0 spiro atoms. The Morgan fingerprint density at radius 3 is 1.28 bits per heavy atom. The Balaban J connectivity index is 0. The largest absolute Gasteiger partial charge is 0.465 e. The first-order chi connectivity index (χ1) is 8.33. The molecule has 0 fully saturated rings. The number of hydrogen-bond donors (Lipinski definition) is 2. The zero-order chi connectivity index (χ0) is 14.6. The van der Waals surface area contributed by atoms with Crippen LogP contribution in [0.2, 0.25) is 0 Å². The lowest BCUT2D eigenvalue weighted by molar-refractivity contribution is -0.142. The fraction of sp³-hybridized carbons (Fsp3) is 0.833. The molecule has 0 amide bonds. The van der Waals surface area contributed by atoms with Gasteiger partial charge < -0.3 is 9.47 Å². The predicted octanol–water partition coefficient (Wildman–Crippen LogP) is 2.23. The molecule has 0 heterocycles. The molecule has 0 aromatic carbocycles. The van der Waals surface area contributed by atoms with E-state index in [1.54, 1.807) is 0 Å². The molecule has 18 heavy (non-hydrogen) atoms. The molecule has 4 nitrogen and oxygen atoms in total. The third kappa shape index (κ3) is 18.0. The van der Waals surface area contributed by atoms with Crippen molar-refractivity contribution in [3.05, 3.63) is 0 Å². The zero-order valence-electron chi connectivity index (χ0n) is 11.5. The Hall–Kier alpha value is -0.360. The highest BCUT2D eigenvalue weighted by Crippen LogP contribution is 1.93. The molecule has 0 N–H and O–H groups in total. The molecular weight excluding hydrogens is 272 g/mol. The van der Waals surface area contributed by atoms with Crippen LogP contribution in [0, 0.1) is 11.8 Å². The van der Waals surface area contributed by atoms with Gasteiger partial charge in [0.05, 0.1) is 24.7 Å². The molecule has 0 saturated carbocycles. The van der Waals surface area contributed by atoms with Crippen molar-refractivity contribution in [3.8, 4) is 0 Å². The average molecular weight is 296 g/mol. The third-order valence-electron chi connectivity index (χ3n) is 1.41. The molecule has 0 rings (SSSR count). The summed E-state index contributed by atoms with van der Waals surface area (Å²) in [6.45, 7) is 8.97. The van der Waals surface area contributed by atoms with E-state index in [9.17, 15) is 9.59 Å². The second-order valence-electron chi connectivity index (χ2n) is 4.47. The monoisotopic (exact) mass is 296 g/mol. The van der Waals surface area contributed by atoms with Crippen molar-refractivity contribution in [2.75, 3.05) is 24.7 Å². The van der Waals surface area contributed by atoms with Gasteiger partial charge in [0.2, 0.25) is 0 Å². The van der Waals surface area contributed by atoms with Gasteiger partial charge in [-0.3, -0.25) is 9.59 Å². The van der Waals surface area contributed by atoms with E-state index >= 15 is 0 Å². The number of thiol groups is 2. The van der Waals surface area contributed by atoms with E-state index in [1.165, 1.54) is 0 Å². The fourth-order valence-corrected chi connectivity index (χ4v) is 0.793. The number of ether oxygens (including phenoxy) is 2. The van der Waals surface area contributed by atoms with Gasteiger partial charge in [-0.05, 0) is 11.8 Å². The summed E-state index contributed by atoms with van der Waals surface area (Å²) in [5.41, 5.74) is 0.